The zero-order chi connectivity index (χ0) is 21.5. The number of pyridine rings is 1. The number of anilines is 2. The first-order chi connectivity index (χ1) is 15.2. The van der Waals surface area contributed by atoms with Gasteiger partial charge in [0, 0.05) is 17.4 Å². The molecule has 2 heterocycles. The van der Waals surface area contributed by atoms with Crippen LogP contribution in [0.25, 0.3) is 11.5 Å². The van der Waals surface area contributed by atoms with Gasteiger partial charge in [-0.05, 0) is 55.5 Å². The lowest BCUT2D eigenvalue weighted by atomic mass is 10.2. The van der Waals surface area contributed by atoms with Gasteiger partial charge < -0.3 is 19.2 Å². The number of ether oxygens (including phenoxy) is 2. The van der Waals surface area contributed by atoms with Gasteiger partial charge in [-0.15, -0.1) is 0 Å². The number of esters is 1. The number of carbonyl (C=O) groups excluding carboxylic acids is 1. The highest BCUT2D eigenvalue weighted by Crippen LogP contribution is 2.23. The van der Waals surface area contributed by atoms with Crippen LogP contribution < -0.4 is 10.1 Å². The van der Waals surface area contributed by atoms with E-state index < -0.39 is 5.97 Å². The van der Waals surface area contributed by atoms with E-state index in [-0.39, 0.29) is 6.61 Å². The van der Waals surface area contributed by atoms with Crippen LogP contribution in [0.5, 0.6) is 5.75 Å². The van der Waals surface area contributed by atoms with Crippen molar-refractivity contribution in [1.82, 2.24) is 9.97 Å². The molecule has 0 unspecified atom stereocenters. The molecule has 7 heteroatoms. The molecule has 0 bridgehead atoms. The Morgan fingerprint density at radius 2 is 1.84 bits per heavy atom. The van der Waals surface area contributed by atoms with Crippen LogP contribution in [0.3, 0.4) is 0 Å². The lowest BCUT2D eigenvalue weighted by molar-refractivity contribution is 0.0468. The van der Waals surface area contributed by atoms with Gasteiger partial charge >= 0.3 is 5.97 Å². The fourth-order valence-corrected chi connectivity index (χ4v) is 2.91. The second kappa shape index (κ2) is 9.58. The molecular formula is C24H21N3O4. The molecule has 7 nitrogen and oxygen atoms in total. The average molecular weight is 415 g/mol. The molecule has 31 heavy (non-hydrogen) atoms. The van der Waals surface area contributed by atoms with Crippen LogP contribution in [0.1, 0.15) is 23.0 Å². The molecule has 0 aliphatic carbocycles. The molecule has 0 fully saturated rings. The van der Waals surface area contributed by atoms with E-state index in [1.165, 1.54) is 6.26 Å². The van der Waals surface area contributed by atoms with Crippen molar-refractivity contribution in [3.63, 3.8) is 0 Å². The van der Waals surface area contributed by atoms with Crippen LogP contribution in [0.4, 0.5) is 11.5 Å². The van der Waals surface area contributed by atoms with Crippen LogP contribution in [0.2, 0.25) is 0 Å². The first kappa shape index (κ1) is 20.2. The van der Waals surface area contributed by atoms with Crippen LogP contribution >= 0.6 is 0 Å². The van der Waals surface area contributed by atoms with Gasteiger partial charge in [0.25, 0.3) is 0 Å². The molecule has 0 spiro atoms. The van der Waals surface area contributed by atoms with E-state index in [4.69, 9.17) is 13.9 Å². The Balaban J connectivity index is 1.42. The number of benzene rings is 2. The van der Waals surface area contributed by atoms with E-state index >= 15 is 0 Å². The van der Waals surface area contributed by atoms with Gasteiger partial charge in [0.05, 0.1) is 6.61 Å². The number of oxazole rings is 1. The third-order valence-electron chi connectivity index (χ3n) is 4.38. The second-order valence-corrected chi connectivity index (χ2v) is 6.57. The summed E-state index contributed by atoms with van der Waals surface area (Å²) in [6, 6.07) is 20.3. The summed E-state index contributed by atoms with van der Waals surface area (Å²) >= 11 is 0. The van der Waals surface area contributed by atoms with E-state index in [1.807, 2.05) is 61.5 Å². The van der Waals surface area contributed by atoms with E-state index in [2.05, 4.69) is 15.3 Å². The van der Waals surface area contributed by atoms with Crippen molar-refractivity contribution in [3.8, 4) is 17.2 Å². The Morgan fingerprint density at radius 1 is 1.03 bits per heavy atom. The van der Waals surface area contributed by atoms with Crippen molar-refractivity contribution in [2.45, 2.75) is 13.5 Å². The molecule has 4 aromatic rings. The first-order valence-electron chi connectivity index (χ1n) is 9.85. The van der Waals surface area contributed by atoms with Gasteiger partial charge in [-0.3, -0.25) is 0 Å². The monoisotopic (exact) mass is 415 g/mol. The highest BCUT2D eigenvalue weighted by molar-refractivity contribution is 5.95. The van der Waals surface area contributed by atoms with Crippen LogP contribution in [-0.4, -0.2) is 22.5 Å². The Kier molecular flexibility index (Phi) is 6.23. The largest absolute Gasteiger partial charge is 0.494 e. The maximum Gasteiger partial charge on any atom is 0.342 e. The number of nitrogens with zero attached hydrogens (tertiary/aromatic N) is 2. The van der Waals surface area contributed by atoms with Crippen LogP contribution in [0.15, 0.2) is 83.6 Å². The SMILES string of the molecule is CCOc1ccc(Nc2ncccc2C(=O)OCc2coc(-c3ccccc3)n2)cc1. The molecule has 156 valence electrons. The quantitative estimate of drug-likeness (QED) is 0.394. The number of carbonyl (C=O) groups is 1. The van der Waals surface area contributed by atoms with Gasteiger partial charge in [0.2, 0.25) is 5.89 Å². The summed E-state index contributed by atoms with van der Waals surface area (Å²) in [6.45, 7) is 2.52. The van der Waals surface area contributed by atoms with Gasteiger partial charge in [-0.25, -0.2) is 14.8 Å². The Morgan fingerprint density at radius 3 is 2.61 bits per heavy atom. The molecule has 1 N–H and O–H groups in total. The summed E-state index contributed by atoms with van der Waals surface area (Å²) < 4.78 is 16.4. The lowest BCUT2D eigenvalue weighted by Crippen LogP contribution is -2.09. The number of hydrogen-bond donors (Lipinski definition) is 1. The standard InChI is InChI=1S/C24H21N3O4/c1-2-29-20-12-10-18(11-13-20)26-22-21(9-6-14-25-22)24(28)31-16-19-15-30-23(27-19)17-7-4-3-5-8-17/h3-15H,2,16H2,1H3,(H,25,26). The van der Waals surface area contributed by atoms with Crippen molar-refractivity contribution in [1.29, 1.82) is 0 Å². The highest BCUT2D eigenvalue weighted by atomic mass is 16.5. The topological polar surface area (TPSA) is 86.5 Å². The zero-order valence-corrected chi connectivity index (χ0v) is 16.9. The fourth-order valence-electron chi connectivity index (χ4n) is 2.91. The summed E-state index contributed by atoms with van der Waals surface area (Å²) in [4.78, 5) is 21.3. The molecule has 0 aliphatic rings. The molecule has 0 atom stereocenters. The molecule has 0 aliphatic heterocycles. The summed E-state index contributed by atoms with van der Waals surface area (Å²) in [5.41, 5.74) is 2.48. The summed E-state index contributed by atoms with van der Waals surface area (Å²) in [7, 11) is 0. The minimum atomic E-state index is -0.509. The second-order valence-electron chi connectivity index (χ2n) is 6.57. The zero-order valence-electron chi connectivity index (χ0n) is 16.9. The molecule has 4 rings (SSSR count). The average Bonchev–Trinajstić information content (AvgIpc) is 3.29. The maximum atomic E-state index is 12.7. The Bertz CT molecular complexity index is 1140. The van der Waals surface area contributed by atoms with Gasteiger partial charge in [-0.1, -0.05) is 18.2 Å². The lowest BCUT2D eigenvalue weighted by Gasteiger charge is -2.11. The van der Waals surface area contributed by atoms with Crippen LogP contribution in [0, 0.1) is 0 Å². The third kappa shape index (κ3) is 5.08. The first-order valence-corrected chi connectivity index (χ1v) is 9.85. The van der Waals surface area contributed by atoms with Crippen molar-refractivity contribution >= 4 is 17.5 Å². The molecule has 0 radical (unpaired) electrons. The maximum absolute atomic E-state index is 12.7. The normalized spacial score (nSPS) is 10.5. The predicted molar refractivity (Wildman–Crippen MR) is 116 cm³/mol. The molecule has 2 aromatic carbocycles. The van der Waals surface area contributed by atoms with Crippen molar-refractivity contribution in [3.05, 3.63) is 90.4 Å². The van der Waals surface area contributed by atoms with Crippen molar-refractivity contribution < 1.29 is 18.7 Å². The molecule has 2 aromatic heterocycles. The fraction of sp³-hybridized carbons (Fsp3) is 0.125. The summed E-state index contributed by atoms with van der Waals surface area (Å²) in [5, 5.41) is 3.14. The molecular weight excluding hydrogens is 394 g/mol. The van der Waals surface area contributed by atoms with E-state index in [0.717, 1.165) is 17.0 Å². The van der Waals surface area contributed by atoms with Crippen molar-refractivity contribution in [2.24, 2.45) is 0 Å². The number of hydrogen-bond acceptors (Lipinski definition) is 7. The van der Waals surface area contributed by atoms with E-state index in [1.54, 1.807) is 18.3 Å². The number of nitrogens with one attached hydrogen (secondary N) is 1. The van der Waals surface area contributed by atoms with Gasteiger partial charge in [0.15, 0.2) is 0 Å². The van der Waals surface area contributed by atoms with Crippen LogP contribution in [-0.2, 0) is 11.3 Å². The summed E-state index contributed by atoms with van der Waals surface area (Å²) in [5.74, 6) is 1.15. The third-order valence-corrected chi connectivity index (χ3v) is 4.38. The molecule has 0 amide bonds. The highest BCUT2D eigenvalue weighted by Gasteiger charge is 2.15. The smallest absolute Gasteiger partial charge is 0.342 e. The Hall–Kier alpha value is -4.13. The minimum Gasteiger partial charge on any atom is -0.494 e. The predicted octanol–water partition coefficient (Wildman–Crippen LogP) is 5.24. The van der Waals surface area contributed by atoms with Crippen molar-refractivity contribution in [2.75, 3.05) is 11.9 Å². The molecule has 0 saturated heterocycles. The van der Waals surface area contributed by atoms with E-state index in [9.17, 15) is 4.79 Å². The van der Waals surface area contributed by atoms with Gasteiger partial charge in [0.1, 0.15) is 35.7 Å². The minimum absolute atomic E-state index is 0.00739. The Labute approximate surface area is 179 Å². The number of rotatable bonds is 8. The number of aromatic nitrogens is 2. The molecule has 0 saturated carbocycles. The van der Waals surface area contributed by atoms with E-state index in [0.29, 0.717) is 29.6 Å². The van der Waals surface area contributed by atoms with Gasteiger partial charge in [-0.2, -0.15) is 0 Å². The summed E-state index contributed by atoms with van der Waals surface area (Å²) in [6.07, 6.45) is 3.09.